The van der Waals surface area contributed by atoms with E-state index in [9.17, 15) is 13.2 Å². The smallest absolute Gasteiger partial charge is 0.416 e. The average Bonchev–Trinajstić information content (AvgIpc) is 3.13. The molecule has 0 aliphatic heterocycles. The Morgan fingerprint density at radius 2 is 1.85 bits per heavy atom. The van der Waals surface area contributed by atoms with Crippen molar-refractivity contribution in [3.8, 4) is 0 Å². The molecule has 0 spiro atoms. The minimum atomic E-state index is -4.42. The lowest BCUT2D eigenvalue weighted by atomic mass is 10.2. The van der Waals surface area contributed by atoms with Gasteiger partial charge in [0.2, 0.25) is 11.9 Å². The first-order valence-electron chi connectivity index (χ1n) is 8.39. The molecular weight excluding hydrogens is 359 g/mol. The van der Waals surface area contributed by atoms with Gasteiger partial charge in [0.15, 0.2) is 0 Å². The van der Waals surface area contributed by atoms with Gasteiger partial charge in [-0.1, -0.05) is 13.0 Å². The van der Waals surface area contributed by atoms with E-state index in [1.807, 2.05) is 13.0 Å². The lowest BCUT2D eigenvalue weighted by Gasteiger charge is -2.11. The van der Waals surface area contributed by atoms with Gasteiger partial charge in [-0.15, -0.1) is 0 Å². The van der Waals surface area contributed by atoms with Crippen LogP contribution in [0.25, 0.3) is 0 Å². The average molecular weight is 377 g/mol. The SMILES string of the molecule is CCCc1nc(NCc2ccco2)nc(Nc2cccc(C(F)(F)F)c2)n1. The normalized spacial score (nSPS) is 11.4. The van der Waals surface area contributed by atoms with Gasteiger partial charge in [-0.05, 0) is 36.8 Å². The van der Waals surface area contributed by atoms with E-state index < -0.39 is 11.7 Å². The van der Waals surface area contributed by atoms with Crippen molar-refractivity contribution in [1.82, 2.24) is 15.0 Å². The maximum Gasteiger partial charge on any atom is 0.416 e. The van der Waals surface area contributed by atoms with Crippen LogP contribution in [0.5, 0.6) is 0 Å². The van der Waals surface area contributed by atoms with Crippen LogP contribution in [-0.4, -0.2) is 15.0 Å². The largest absolute Gasteiger partial charge is 0.467 e. The molecule has 2 heterocycles. The number of alkyl halides is 3. The summed E-state index contributed by atoms with van der Waals surface area (Å²) in [5.74, 6) is 1.75. The first-order chi connectivity index (χ1) is 12.9. The number of anilines is 3. The molecule has 3 rings (SSSR count). The molecule has 2 aromatic heterocycles. The fourth-order valence-electron chi connectivity index (χ4n) is 2.37. The molecule has 0 saturated heterocycles. The summed E-state index contributed by atoms with van der Waals surface area (Å²) in [5, 5.41) is 5.85. The molecule has 142 valence electrons. The van der Waals surface area contributed by atoms with Crippen molar-refractivity contribution >= 4 is 17.6 Å². The third-order valence-electron chi connectivity index (χ3n) is 3.60. The van der Waals surface area contributed by atoms with Crippen molar-refractivity contribution in [1.29, 1.82) is 0 Å². The van der Waals surface area contributed by atoms with Gasteiger partial charge in [0.05, 0.1) is 18.4 Å². The predicted octanol–water partition coefficient (Wildman–Crippen LogP) is 4.79. The van der Waals surface area contributed by atoms with Crippen LogP contribution in [0.4, 0.5) is 30.8 Å². The third-order valence-corrected chi connectivity index (χ3v) is 3.60. The van der Waals surface area contributed by atoms with Crippen LogP contribution in [0.1, 0.15) is 30.5 Å². The number of aryl methyl sites for hydroxylation is 1. The van der Waals surface area contributed by atoms with Crippen LogP contribution in [0.2, 0.25) is 0 Å². The van der Waals surface area contributed by atoms with E-state index in [4.69, 9.17) is 4.42 Å². The molecule has 9 heteroatoms. The fourth-order valence-corrected chi connectivity index (χ4v) is 2.37. The minimum Gasteiger partial charge on any atom is -0.467 e. The highest BCUT2D eigenvalue weighted by Gasteiger charge is 2.30. The zero-order valence-electron chi connectivity index (χ0n) is 14.5. The summed E-state index contributed by atoms with van der Waals surface area (Å²) in [6.45, 7) is 2.37. The van der Waals surface area contributed by atoms with Crippen molar-refractivity contribution in [3.05, 3.63) is 59.8 Å². The van der Waals surface area contributed by atoms with Gasteiger partial charge in [-0.2, -0.15) is 28.1 Å². The molecule has 0 fully saturated rings. The highest BCUT2D eigenvalue weighted by atomic mass is 19.4. The number of rotatable bonds is 7. The monoisotopic (exact) mass is 377 g/mol. The summed E-state index contributed by atoms with van der Waals surface area (Å²) in [6, 6.07) is 8.46. The molecule has 0 aliphatic carbocycles. The van der Waals surface area contributed by atoms with Gasteiger partial charge in [0.1, 0.15) is 11.6 Å². The Bertz CT molecular complexity index is 881. The molecule has 27 heavy (non-hydrogen) atoms. The first-order valence-corrected chi connectivity index (χ1v) is 8.39. The molecule has 0 amide bonds. The summed E-state index contributed by atoms with van der Waals surface area (Å²) in [5.41, 5.74) is -0.498. The van der Waals surface area contributed by atoms with Crippen LogP contribution < -0.4 is 10.6 Å². The highest BCUT2D eigenvalue weighted by molar-refractivity contribution is 5.55. The second-order valence-electron chi connectivity index (χ2n) is 5.79. The molecular formula is C18H18F3N5O. The molecule has 2 N–H and O–H groups in total. The molecule has 1 aromatic carbocycles. The lowest BCUT2D eigenvalue weighted by Crippen LogP contribution is -2.10. The van der Waals surface area contributed by atoms with Crippen molar-refractivity contribution in [3.63, 3.8) is 0 Å². The quantitative estimate of drug-likeness (QED) is 0.616. The van der Waals surface area contributed by atoms with Crippen LogP contribution >= 0.6 is 0 Å². The predicted molar refractivity (Wildman–Crippen MR) is 94.6 cm³/mol. The Labute approximate surface area is 153 Å². The van der Waals surface area contributed by atoms with Gasteiger partial charge in [-0.3, -0.25) is 0 Å². The van der Waals surface area contributed by atoms with E-state index in [1.54, 1.807) is 12.3 Å². The van der Waals surface area contributed by atoms with E-state index in [1.165, 1.54) is 12.1 Å². The molecule has 0 aliphatic rings. The molecule has 6 nitrogen and oxygen atoms in total. The van der Waals surface area contributed by atoms with Crippen LogP contribution in [0, 0.1) is 0 Å². The van der Waals surface area contributed by atoms with Gasteiger partial charge < -0.3 is 15.1 Å². The number of furan rings is 1. The van der Waals surface area contributed by atoms with E-state index >= 15 is 0 Å². The number of aromatic nitrogens is 3. The Morgan fingerprint density at radius 1 is 1.04 bits per heavy atom. The van der Waals surface area contributed by atoms with Gasteiger partial charge in [0, 0.05) is 12.1 Å². The topological polar surface area (TPSA) is 75.9 Å². The minimum absolute atomic E-state index is 0.176. The number of hydrogen-bond acceptors (Lipinski definition) is 6. The van der Waals surface area contributed by atoms with Gasteiger partial charge in [-0.25, -0.2) is 0 Å². The standard InChI is InChI=1S/C18H18F3N5O/c1-2-5-15-24-16(22-11-14-8-4-9-27-14)26-17(25-15)23-13-7-3-6-12(10-13)18(19,20)21/h3-4,6-10H,2,5,11H2,1H3,(H2,22,23,24,25,26). The summed E-state index contributed by atoms with van der Waals surface area (Å²) < 4.78 is 43.9. The Hall–Kier alpha value is -3.10. The summed E-state index contributed by atoms with van der Waals surface area (Å²) in [4.78, 5) is 12.8. The van der Waals surface area contributed by atoms with Gasteiger partial charge >= 0.3 is 6.18 Å². The molecule has 0 atom stereocenters. The van der Waals surface area contributed by atoms with Gasteiger partial charge in [0.25, 0.3) is 0 Å². The molecule has 0 radical (unpaired) electrons. The zero-order valence-corrected chi connectivity index (χ0v) is 14.5. The van der Waals surface area contributed by atoms with E-state index in [2.05, 4.69) is 25.6 Å². The molecule has 0 bridgehead atoms. The molecule has 0 unspecified atom stereocenters. The first kappa shape index (κ1) is 18.7. The van der Waals surface area contributed by atoms with Crippen molar-refractivity contribution in [2.75, 3.05) is 10.6 Å². The Kier molecular flexibility index (Phi) is 5.58. The van der Waals surface area contributed by atoms with Crippen molar-refractivity contribution in [2.45, 2.75) is 32.5 Å². The number of halogens is 3. The second kappa shape index (κ2) is 8.07. The molecule has 3 aromatic rings. The van der Waals surface area contributed by atoms with Crippen LogP contribution in [0.15, 0.2) is 47.1 Å². The van der Waals surface area contributed by atoms with Crippen LogP contribution in [-0.2, 0) is 19.1 Å². The third kappa shape index (κ3) is 5.19. The summed E-state index contributed by atoms with van der Waals surface area (Å²) >= 11 is 0. The number of benzene rings is 1. The van der Waals surface area contributed by atoms with Crippen molar-refractivity contribution < 1.29 is 17.6 Å². The number of nitrogens with zero attached hydrogens (tertiary/aromatic N) is 3. The highest BCUT2D eigenvalue weighted by Crippen LogP contribution is 2.31. The van der Waals surface area contributed by atoms with Crippen LogP contribution in [0.3, 0.4) is 0 Å². The Morgan fingerprint density at radius 3 is 2.56 bits per heavy atom. The van der Waals surface area contributed by atoms with E-state index in [0.29, 0.717) is 30.5 Å². The lowest BCUT2D eigenvalue weighted by molar-refractivity contribution is -0.137. The molecule has 0 saturated carbocycles. The second-order valence-corrected chi connectivity index (χ2v) is 5.79. The maximum absolute atomic E-state index is 12.9. The van der Waals surface area contributed by atoms with E-state index in [-0.39, 0.29) is 11.6 Å². The van der Waals surface area contributed by atoms with E-state index in [0.717, 1.165) is 18.6 Å². The van der Waals surface area contributed by atoms with Crippen molar-refractivity contribution in [2.24, 2.45) is 0 Å². The number of hydrogen-bond donors (Lipinski definition) is 2. The summed E-state index contributed by atoms with van der Waals surface area (Å²) in [6.07, 6.45) is -1.41. The number of nitrogens with one attached hydrogen (secondary N) is 2. The Balaban J connectivity index is 1.81. The maximum atomic E-state index is 12.9. The zero-order chi connectivity index (χ0) is 19.3. The summed E-state index contributed by atoms with van der Waals surface area (Å²) in [7, 11) is 0. The fraction of sp³-hybridized carbons (Fsp3) is 0.278.